The van der Waals surface area contributed by atoms with Crippen LogP contribution in [0.2, 0.25) is 5.02 Å². The Labute approximate surface area is 234 Å². The van der Waals surface area contributed by atoms with Crippen LogP contribution in [0.15, 0.2) is 36.7 Å². The molecule has 3 aromatic rings. The number of nitrogens with zero attached hydrogens (tertiary/aromatic N) is 4. The lowest BCUT2D eigenvalue weighted by Crippen LogP contribution is -2.56. The van der Waals surface area contributed by atoms with Crippen LogP contribution in [0.5, 0.6) is 0 Å². The number of piperidine rings is 1. The van der Waals surface area contributed by atoms with Crippen LogP contribution in [0.3, 0.4) is 0 Å². The van der Waals surface area contributed by atoms with Crippen molar-refractivity contribution in [2.24, 2.45) is 11.8 Å². The first-order valence-corrected chi connectivity index (χ1v) is 14.5. The number of aromatic nitrogens is 3. The Morgan fingerprint density at radius 2 is 2.05 bits per heavy atom. The molecule has 1 aliphatic carbocycles. The van der Waals surface area contributed by atoms with Crippen molar-refractivity contribution >= 4 is 34.1 Å². The Bertz CT molecular complexity index is 1370. The number of ether oxygens (including phenoxy) is 1. The molecular weight excluding hydrogens is 514 g/mol. The number of rotatable bonds is 7. The Morgan fingerprint density at radius 3 is 2.77 bits per heavy atom. The van der Waals surface area contributed by atoms with Gasteiger partial charge in [-0.15, -0.1) is 0 Å². The molecular formula is C30H38ClN5O3. The molecule has 2 unspecified atom stereocenters. The lowest BCUT2D eigenvalue weighted by Gasteiger charge is -2.43. The van der Waals surface area contributed by atoms with Gasteiger partial charge in [0.05, 0.1) is 24.9 Å². The molecule has 208 valence electrons. The predicted octanol–water partition coefficient (Wildman–Crippen LogP) is 4.81. The molecule has 3 aliphatic rings. The molecule has 3 fully saturated rings. The molecule has 0 radical (unpaired) electrons. The summed E-state index contributed by atoms with van der Waals surface area (Å²) in [5.41, 5.74) is 1.97. The first kappa shape index (κ1) is 26.7. The molecule has 4 atom stereocenters. The van der Waals surface area contributed by atoms with E-state index in [4.69, 9.17) is 16.3 Å². The standard InChI is InChI=1S/C30H38ClN5O3/c1-18(2)15-36-26(4-7-33-36)23-13-24(23)29(38)34-28-12-20-10-22(25(31)11-21(20)14-32-28)19-5-8-35(9-6-19)30(3)17-39-16-27(30)37/h4,7,10-12,14,18-19,23-24,27,37H,5-6,8-9,13,15-17H2,1-3H3,(H,32,34,38)/t23?,24?,27-,30+/m0/s1. The first-order valence-electron chi connectivity index (χ1n) is 14.2. The van der Waals surface area contributed by atoms with E-state index in [0.29, 0.717) is 30.9 Å². The van der Waals surface area contributed by atoms with Crippen LogP contribution in [0.1, 0.15) is 63.1 Å². The number of carbonyl (C=O) groups is 1. The third-order valence-corrected chi connectivity index (χ3v) is 9.26. The van der Waals surface area contributed by atoms with Gasteiger partial charge in [0, 0.05) is 46.9 Å². The number of fused-ring (bicyclic) bond motifs is 1. The van der Waals surface area contributed by atoms with E-state index in [1.807, 2.05) is 29.1 Å². The summed E-state index contributed by atoms with van der Waals surface area (Å²) in [7, 11) is 0. The molecule has 2 saturated heterocycles. The number of carbonyl (C=O) groups excluding carboxylic acids is 1. The van der Waals surface area contributed by atoms with Crippen LogP contribution in [-0.2, 0) is 16.1 Å². The summed E-state index contributed by atoms with van der Waals surface area (Å²) in [5.74, 6) is 1.58. The average molecular weight is 552 g/mol. The van der Waals surface area contributed by atoms with E-state index in [-0.39, 0.29) is 23.3 Å². The third kappa shape index (κ3) is 5.20. The van der Waals surface area contributed by atoms with Gasteiger partial charge in [0.25, 0.3) is 0 Å². The second-order valence-corrected chi connectivity index (χ2v) is 12.6. The molecule has 0 bridgehead atoms. The van der Waals surface area contributed by atoms with E-state index in [1.54, 1.807) is 6.20 Å². The fraction of sp³-hybridized carbons (Fsp3) is 0.567. The van der Waals surface area contributed by atoms with Gasteiger partial charge in [0.1, 0.15) is 5.82 Å². The van der Waals surface area contributed by atoms with E-state index in [0.717, 1.165) is 65.9 Å². The number of pyridine rings is 1. The molecule has 6 rings (SSSR count). The molecule has 39 heavy (non-hydrogen) atoms. The minimum absolute atomic E-state index is 0.0114. The van der Waals surface area contributed by atoms with E-state index < -0.39 is 6.10 Å². The maximum Gasteiger partial charge on any atom is 0.229 e. The van der Waals surface area contributed by atoms with Gasteiger partial charge in [-0.3, -0.25) is 14.4 Å². The van der Waals surface area contributed by atoms with Crippen LogP contribution >= 0.6 is 11.6 Å². The van der Waals surface area contributed by atoms with Crippen LogP contribution in [0.4, 0.5) is 5.82 Å². The Kier molecular flexibility index (Phi) is 7.16. The molecule has 9 heteroatoms. The topological polar surface area (TPSA) is 92.5 Å². The van der Waals surface area contributed by atoms with Gasteiger partial charge in [0.2, 0.25) is 5.91 Å². The normalized spacial score (nSPS) is 27.9. The van der Waals surface area contributed by atoms with Gasteiger partial charge in [0.15, 0.2) is 0 Å². The van der Waals surface area contributed by atoms with Crippen molar-refractivity contribution in [2.45, 2.75) is 70.1 Å². The summed E-state index contributed by atoms with van der Waals surface area (Å²) < 4.78 is 7.59. The van der Waals surface area contributed by atoms with E-state index in [1.165, 1.54) is 0 Å². The van der Waals surface area contributed by atoms with Crippen LogP contribution in [-0.4, -0.2) is 68.6 Å². The lowest BCUT2D eigenvalue weighted by atomic mass is 9.85. The van der Waals surface area contributed by atoms with Gasteiger partial charge < -0.3 is 15.2 Å². The maximum atomic E-state index is 13.1. The number of nitrogens with one attached hydrogen (secondary N) is 1. The number of benzene rings is 1. The van der Waals surface area contributed by atoms with Gasteiger partial charge in [-0.1, -0.05) is 25.4 Å². The zero-order chi connectivity index (χ0) is 27.3. The molecule has 1 saturated carbocycles. The number of anilines is 1. The summed E-state index contributed by atoms with van der Waals surface area (Å²) in [6.45, 7) is 10.1. The van der Waals surface area contributed by atoms with Gasteiger partial charge in [-0.2, -0.15) is 5.10 Å². The van der Waals surface area contributed by atoms with Crippen molar-refractivity contribution < 1.29 is 14.6 Å². The van der Waals surface area contributed by atoms with Crippen molar-refractivity contribution in [2.75, 3.05) is 31.6 Å². The second-order valence-electron chi connectivity index (χ2n) is 12.2. The van der Waals surface area contributed by atoms with Crippen molar-refractivity contribution in [3.8, 4) is 0 Å². The molecule has 2 aromatic heterocycles. The second kappa shape index (κ2) is 10.5. The largest absolute Gasteiger partial charge is 0.389 e. The molecule has 2 N–H and O–H groups in total. The van der Waals surface area contributed by atoms with E-state index in [9.17, 15) is 9.90 Å². The van der Waals surface area contributed by atoms with Crippen molar-refractivity contribution in [1.29, 1.82) is 0 Å². The van der Waals surface area contributed by atoms with Gasteiger partial charge in [-0.05, 0) is 86.3 Å². The highest BCUT2D eigenvalue weighted by Gasteiger charge is 2.46. The van der Waals surface area contributed by atoms with Crippen LogP contribution in [0, 0.1) is 11.8 Å². The van der Waals surface area contributed by atoms with Crippen LogP contribution < -0.4 is 5.32 Å². The van der Waals surface area contributed by atoms with Crippen molar-refractivity contribution in [1.82, 2.24) is 19.7 Å². The highest BCUT2D eigenvalue weighted by molar-refractivity contribution is 6.32. The number of aliphatic hydroxyl groups excluding tert-OH is 1. The Balaban J connectivity index is 1.13. The first-order chi connectivity index (χ1) is 18.7. The molecule has 1 aromatic carbocycles. The Hall–Kier alpha value is -2.52. The molecule has 2 aliphatic heterocycles. The summed E-state index contributed by atoms with van der Waals surface area (Å²) >= 11 is 6.76. The summed E-state index contributed by atoms with van der Waals surface area (Å²) in [6.07, 6.45) is 5.94. The zero-order valence-electron chi connectivity index (χ0n) is 22.9. The number of likely N-dealkylation sites (tertiary alicyclic amines) is 1. The summed E-state index contributed by atoms with van der Waals surface area (Å²) in [5, 5.41) is 20.7. The monoisotopic (exact) mass is 551 g/mol. The molecule has 1 amide bonds. The fourth-order valence-electron chi connectivity index (χ4n) is 6.41. The number of halogens is 1. The number of hydrogen-bond donors (Lipinski definition) is 2. The van der Waals surface area contributed by atoms with Crippen LogP contribution in [0.25, 0.3) is 10.8 Å². The van der Waals surface area contributed by atoms with Gasteiger partial charge in [-0.25, -0.2) is 4.98 Å². The SMILES string of the molecule is CC(C)Cn1nccc1C1CC1C(=O)Nc1cc2cc(C3CCN([C@]4(C)COC[C@@H]4O)CC3)c(Cl)cc2cn1. The summed E-state index contributed by atoms with van der Waals surface area (Å²) in [6, 6.07) is 8.14. The fourth-order valence-corrected chi connectivity index (χ4v) is 6.73. The smallest absolute Gasteiger partial charge is 0.229 e. The molecule has 0 spiro atoms. The highest BCUT2D eigenvalue weighted by Crippen LogP contribution is 2.48. The minimum Gasteiger partial charge on any atom is -0.389 e. The van der Waals surface area contributed by atoms with Crippen molar-refractivity contribution in [3.05, 3.63) is 52.9 Å². The number of aliphatic hydroxyl groups is 1. The quantitative estimate of drug-likeness (QED) is 0.438. The zero-order valence-corrected chi connectivity index (χ0v) is 23.7. The Morgan fingerprint density at radius 1 is 1.26 bits per heavy atom. The van der Waals surface area contributed by atoms with Crippen molar-refractivity contribution in [3.63, 3.8) is 0 Å². The van der Waals surface area contributed by atoms with E-state index in [2.05, 4.69) is 47.1 Å². The predicted molar refractivity (Wildman–Crippen MR) is 152 cm³/mol. The van der Waals surface area contributed by atoms with Gasteiger partial charge >= 0.3 is 0 Å². The average Bonchev–Trinajstić information content (AvgIpc) is 3.46. The lowest BCUT2D eigenvalue weighted by molar-refractivity contribution is -0.117. The number of hydrogen-bond acceptors (Lipinski definition) is 6. The third-order valence-electron chi connectivity index (χ3n) is 8.93. The molecule has 8 nitrogen and oxygen atoms in total. The molecule has 4 heterocycles. The maximum absolute atomic E-state index is 13.1. The van der Waals surface area contributed by atoms with E-state index >= 15 is 0 Å². The summed E-state index contributed by atoms with van der Waals surface area (Å²) in [4.78, 5) is 19.9. The highest BCUT2D eigenvalue weighted by atomic mass is 35.5. The minimum atomic E-state index is -0.451. The number of amides is 1.